The van der Waals surface area contributed by atoms with Gasteiger partial charge in [0.2, 0.25) is 5.84 Å². The fourth-order valence-electron chi connectivity index (χ4n) is 3.69. The molecule has 0 unspecified atom stereocenters. The molecule has 0 amide bonds. The van der Waals surface area contributed by atoms with Crippen molar-refractivity contribution >= 4 is 17.8 Å². The number of ether oxygens (including phenoxy) is 1. The van der Waals surface area contributed by atoms with Gasteiger partial charge in [-0.3, -0.25) is 9.48 Å². The lowest BCUT2D eigenvalue weighted by Crippen LogP contribution is -2.33. The summed E-state index contributed by atoms with van der Waals surface area (Å²) in [7, 11) is 0. The molecule has 0 saturated heterocycles. The van der Waals surface area contributed by atoms with Crippen LogP contribution in [0.2, 0.25) is 0 Å². The smallest absolute Gasteiger partial charge is 0.345 e. The van der Waals surface area contributed by atoms with E-state index >= 15 is 0 Å². The van der Waals surface area contributed by atoms with Crippen LogP contribution in [0.15, 0.2) is 0 Å². The van der Waals surface area contributed by atoms with Gasteiger partial charge in [0.25, 0.3) is 0 Å². The molecule has 0 aromatic heterocycles. The summed E-state index contributed by atoms with van der Waals surface area (Å²) >= 11 is 0. The quantitative estimate of drug-likeness (QED) is 0.272. The van der Waals surface area contributed by atoms with Gasteiger partial charge < -0.3 is 14.9 Å². The molecule has 7 heteroatoms. The predicted octanol–water partition coefficient (Wildman–Crippen LogP) is 3.21. The van der Waals surface area contributed by atoms with Gasteiger partial charge in [-0.1, -0.05) is 64.7 Å². The second-order valence-electron chi connectivity index (χ2n) is 7.60. The standard InChI is InChI=1S/C21H38N2O5/c1-2-3-4-5-6-7-8-9-10-11-12-19-22(15-16-28-18-21(26)27)13-14-23(19)17-20(24)25/h2-18H2,1H3,(H-,24,25,26,27)/p+1. The molecule has 0 bridgehead atoms. The van der Waals surface area contributed by atoms with E-state index in [0.29, 0.717) is 19.7 Å². The molecular weight excluding hydrogens is 360 g/mol. The van der Waals surface area contributed by atoms with Gasteiger partial charge in [0.1, 0.15) is 26.2 Å². The number of carboxylic acid groups (broad SMARTS) is 2. The van der Waals surface area contributed by atoms with Crippen molar-refractivity contribution in [2.45, 2.75) is 77.6 Å². The van der Waals surface area contributed by atoms with E-state index in [2.05, 4.69) is 11.8 Å². The van der Waals surface area contributed by atoms with Gasteiger partial charge in [0, 0.05) is 6.42 Å². The summed E-state index contributed by atoms with van der Waals surface area (Å²) in [5.74, 6) is -0.714. The van der Waals surface area contributed by atoms with Gasteiger partial charge >= 0.3 is 11.9 Å². The molecular formula is C21H39N2O5+. The minimum atomic E-state index is -0.969. The van der Waals surface area contributed by atoms with Crippen LogP contribution in [-0.2, 0) is 14.3 Å². The fourth-order valence-corrected chi connectivity index (χ4v) is 3.69. The molecule has 1 aliphatic rings. The summed E-state index contributed by atoms with van der Waals surface area (Å²) in [5.41, 5.74) is 0. The van der Waals surface area contributed by atoms with Crippen molar-refractivity contribution in [3.05, 3.63) is 0 Å². The minimum absolute atomic E-state index is 0.0274. The fraction of sp³-hybridized carbons (Fsp3) is 0.857. The average molecular weight is 400 g/mol. The molecule has 2 N–H and O–H groups in total. The maximum Gasteiger partial charge on any atom is 0.345 e. The summed E-state index contributed by atoms with van der Waals surface area (Å²) in [6.07, 6.45) is 13.7. The van der Waals surface area contributed by atoms with Gasteiger partial charge in [-0.2, -0.15) is 0 Å². The van der Waals surface area contributed by atoms with Crippen LogP contribution in [0, 0.1) is 0 Å². The van der Waals surface area contributed by atoms with Crippen LogP contribution in [0.4, 0.5) is 0 Å². The molecule has 0 radical (unpaired) electrons. The first-order chi connectivity index (χ1) is 13.5. The number of unbranched alkanes of at least 4 members (excludes halogenated alkanes) is 9. The van der Waals surface area contributed by atoms with E-state index in [4.69, 9.17) is 14.9 Å². The van der Waals surface area contributed by atoms with Gasteiger partial charge in [-0.15, -0.1) is 0 Å². The Morgan fingerprint density at radius 3 is 2.14 bits per heavy atom. The Morgan fingerprint density at radius 1 is 0.964 bits per heavy atom. The molecule has 0 fully saturated rings. The van der Waals surface area contributed by atoms with E-state index in [-0.39, 0.29) is 13.2 Å². The zero-order valence-electron chi connectivity index (χ0n) is 17.5. The van der Waals surface area contributed by atoms with Crippen LogP contribution in [0.3, 0.4) is 0 Å². The van der Waals surface area contributed by atoms with Crippen LogP contribution in [0.5, 0.6) is 0 Å². The second kappa shape index (κ2) is 15.3. The van der Waals surface area contributed by atoms with Crippen LogP contribution < -0.4 is 0 Å². The molecule has 1 rings (SSSR count). The Hall–Kier alpha value is -1.63. The maximum atomic E-state index is 11.1. The molecule has 0 aliphatic carbocycles. The van der Waals surface area contributed by atoms with Gasteiger partial charge in [-0.05, 0) is 6.42 Å². The molecule has 162 valence electrons. The molecule has 28 heavy (non-hydrogen) atoms. The summed E-state index contributed by atoms with van der Waals surface area (Å²) < 4.78 is 7.08. The molecule has 0 aromatic carbocycles. The molecule has 1 aliphatic heterocycles. The van der Waals surface area contributed by atoms with Crippen LogP contribution in [0.25, 0.3) is 0 Å². The van der Waals surface area contributed by atoms with Gasteiger partial charge in [0.05, 0.1) is 6.61 Å². The highest BCUT2D eigenvalue weighted by Gasteiger charge is 2.30. The first-order valence-corrected chi connectivity index (χ1v) is 10.9. The number of rotatable bonds is 18. The normalized spacial score (nSPS) is 14.1. The summed E-state index contributed by atoms with van der Waals surface area (Å²) in [6.45, 7) is 4.41. The third kappa shape index (κ3) is 11.3. The van der Waals surface area contributed by atoms with E-state index in [0.717, 1.165) is 25.2 Å². The Kier molecular flexibility index (Phi) is 13.3. The van der Waals surface area contributed by atoms with Crippen molar-refractivity contribution in [2.75, 3.05) is 39.4 Å². The molecule has 7 nitrogen and oxygen atoms in total. The number of carbonyl (C=O) groups is 2. The summed E-state index contributed by atoms with van der Waals surface area (Å²) in [5, 5.41) is 17.8. The minimum Gasteiger partial charge on any atom is -0.480 e. The maximum absolute atomic E-state index is 11.1. The van der Waals surface area contributed by atoms with Crippen molar-refractivity contribution in [2.24, 2.45) is 0 Å². The van der Waals surface area contributed by atoms with Crippen LogP contribution >= 0.6 is 0 Å². The van der Waals surface area contributed by atoms with E-state index in [1.54, 1.807) is 0 Å². The zero-order valence-corrected chi connectivity index (χ0v) is 17.5. The van der Waals surface area contributed by atoms with Gasteiger partial charge in [0.15, 0.2) is 6.54 Å². The molecule has 0 spiro atoms. The Labute approximate surface area is 169 Å². The zero-order chi connectivity index (χ0) is 20.6. The predicted molar refractivity (Wildman–Crippen MR) is 109 cm³/mol. The third-order valence-electron chi connectivity index (χ3n) is 5.18. The van der Waals surface area contributed by atoms with Crippen LogP contribution in [-0.4, -0.2) is 76.9 Å². The molecule has 0 atom stereocenters. The lowest BCUT2D eigenvalue weighted by atomic mass is 10.1. The van der Waals surface area contributed by atoms with Crippen molar-refractivity contribution < 1.29 is 29.1 Å². The Balaban J connectivity index is 2.28. The largest absolute Gasteiger partial charge is 0.480 e. The van der Waals surface area contributed by atoms with Crippen molar-refractivity contribution in [3.63, 3.8) is 0 Å². The highest BCUT2D eigenvalue weighted by Crippen LogP contribution is 2.14. The van der Waals surface area contributed by atoms with Crippen molar-refractivity contribution in [1.82, 2.24) is 4.90 Å². The molecule has 0 aromatic rings. The molecule has 0 saturated carbocycles. The number of nitrogens with zero attached hydrogens (tertiary/aromatic N) is 2. The monoisotopic (exact) mass is 399 g/mol. The van der Waals surface area contributed by atoms with Gasteiger partial charge in [-0.25, -0.2) is 9.59 Å². The SMILES string of the molecule is CCCCCCCCCCCCC1=[N+](CC(=O)O)CCN1CCOCC(=O)O. The average Bonchev–Trinajstić information content (AvgIpc) is 3.01. The second-order valence-corrected chi connectivity index (χ2v) is 7.60. The van der Waals surface area contributed by atoms with E-state index in [1.165, 1.54) is 57.8 Å². The van der Waals surface area contributed by atoms with Crippen molar-refractivity contribution in [1.29, 1.82) is 0 Å². The number of aliphatic carboxylic acids is 2. The number of hydrogen-bond acceptors (Lipinski definition) is 4. The first kappa shape index (κ1) is 24.4. The topological polar surface area (TPSA) is 90.1 Å². The number of hydrogen-bond donors (Lipinski definition) is 2. The third-order valence-corrected chi connectivity index (χ3v) is 5.18. The Bertz CT molecular complexity index is 493. The summed E-state index contributed by atoms with van der Waals surface area (Å²) in [6, 6.07) is 0. The number of amidine groups is 1. The lowest BCUT2D eigenvalue weighted by Gasteiger charge is -2.13. The lowest BCUT2D eigenvalue weighted by molar-refractivity contribution is -0.509. The highest BCUT2D eigenvalue weighted by molar-refractivity contribution is 5.79. The Morgan fingerprint density at radius 2 is 1.57 bits per heavy atom. The summed E-state index contributed by atoms with van der Waals surface area (Å²) in [4.78, 5) is 23.8. The number of carboxylic acids is 2. The van der Waals surface area contributed by atoms with Crippen molar-refractivity contribution in [3.8, 4) is 0 Å². The first-order valence-electron chi connectivity index (χ1n) is 10.9. The van der Waals surface area contributed by atoms with E-state index < -0.39 is 11.9 Å². The van der Waals surface area contributed by atoms with E-state index in [9.17, 15) is 9.59 Å². The van der Waals surface area contributed by atoms with E-state index in [1.807, 2.05) is 4.58 Å². The highest BCUT2D eigenvalue weighted by atomic mass is 16.5. The molecule has 1 heterocycles. The van der Waals surface area contributed by atoms with Crippen LogP contribution in [0.1, 0.15) is 77.6 Å².